The van der Waals surface area contributed by atoms with Crippen LogP contribution in [0.1, 0.15) is 29.8 Å². The molecular weight excluding hydrogens is 264 g/mol. The molecule has 110 valence electrons. The summed E-state index contributed by atoms with van der Waals surface area (Å²) in [5, 5.41) is 16.0. The van der Waals surface area contributed by atoms with Gasteiger partial charge in [-0.15, -0.1) is 5.10 Å². The van der Waals surface area contributed by atoms with Gasteiger partial charge in [0, 0.05) is 20.2 Å². The van der Waals surface area contributed by atoms with E-state index < -0.39 is 5.97 Å². The predicted octanol–water partition coefficient (Wildman–Crippen LogP) is 0.00380. The van der Waals surface area contributed by atoms with Gasteiger partial charge in [-0.05, 0) is 19.3 Å². The lowest BCUT2D eigenvalue weighted by atomic mass is 10.1. The zero-order valence-corrected chi connectivity index (χ0v) is 11.4. The molecule has 2 rings (SSSR count). The quantitative estimate of drug-likeness (QED) is 0.816. The van der Waals surface area contributed by atoms with Crippen molar-refractivity contribution >= 4 is 11.9 Å². The molecule has 1 aromatic heterocycles. The molecule has 1 aliphatic heterocycles. The molecule has 8 heteroatoms. The zero-order valence-electron chi connectivity index (χ0n) is 11.4. The number of carbonyl (C=O) groups is 2. The number of hydrogen-bond donors (Lipinski definition) is 1. The van der Waals surface area contributed by atoms with E-state index in [1.807, 2.05) is 0 Å². The Morgan fingerprint density at radius 2 is 2.35 bits per heavy atom. The second kappa shape index (κ2) is 6.47. The van der Waals surface area contributed by atoms with Gasteiger partial charge in [0.1, 0.15) is 6.54 Å². The summed E-state index contributed by atoms with van der Waals surface area (Å²) < 4.78 is 6.71. The molecule has 1 aromatic rings. The van der Waals surface area contributed by atoms with Gasteiger partial charge in [0.2, 0.25) is 0 Å². The van der Waals surface area contributed by atoms with Crippen LogP contribution in [0.2, 0.25) is 0 Å². The number of nitrogens with zero attached hydrogens (tertiary/aromatic N) is 4. The minimum Gasteiger partial charge on any atom is -0.480 e. The average Bonchev–Trinajstić information content (AvgIpc) is 2.86. The minimum absolute atomic E-state index is 0.0618. The summed E-state index contributed by atoms with van der Waals surface area (Å²) >= 11 is 0. The van der Waals surface area contributed by atoms with E-state index in [0.29, 0.717) is 6.54 Å². The fourth-order valence-corrected chi connectivity index (χ4v) is 2.15. The first-order chi connectivity index (χ1) is 9.56. The molecule has 1 N–H and O–H groups in total. The fourth-order valence-electron chi connectivity index (χ4n) is 2.15. The number of aromatic nitrogens is 3. The van der Waals surface area contributed by atoms with Crippen molar-refractivity contribution in [3.8, 4) is 0 Å². The highest BCUT2D eigenvalue weighted by molar-refractivity contribution is 5.91. The van der Waals surface area contributed by atoms with Crippen LogP contribution in [0.4, 0.5) is 0 Å². The van der Waals surface area contributed by atoms with Crippen molar-refractivity contribution < 1.29 is 19.4 Å². The first-order valence-electron chi connectivity index (χ1n) is 6.55. The SMILES string of the molecule is CN(CC1CCCCO1)C(=O)c1cn(CC(=O)O)nn1. The lowest BCUT2D eigenvalue weighted by molar-refractivity contribution is -0.137. The van der Waals surface area contributed by atoms with E-state index in [1.54, 1.807) is 7.05 Å². The molecule has 1 unspecified atom stereocenters. The van der Waals surface area contributed by atoms with E-state index in [0.717, 1.165) is 30.6 Å². The molecule has 0 aromatic carbocycles. The summed E-state index contributed by atoms with van der Waals surface area (Å²) in [6, 6.07) is 0. The molecule has 20 heavy (non-hydrogen) atoms. The summed E-state index contributed by atoms with van der Waals surface area (Å²) in [6.07, 6.45) is 4.53. The first kappa shape index (κ1) is 14.4. The second-order valence-electron chi connectivity index (χ2n) is 4.87. The maximum atomic E-state index is 12.1. The number of carboxylic acid groups (broad SMARTS) is 1. The van der Waals surface area contributed by atoms with Crippen molar-refractivity contribution in [3.05, 3.63) is 11.9 Å². The highest BCUT2D eigenvalue weighted by Gasteiger charge is 2.21. The maximum absolute atomic E-state index is 12.1. The molecule has 0 radical (unpaired) electrons. The van der Waals surface area contributed by atoms with E-state index in [-0.39, 0.29) is 24.2 Å². The number of aliphatic carboxylic acids is 1. The van der Waals surface area contributed by atoms with Gasteiger partial charge in [0.25, 0.3) is 5.91 Å². The number of amides is 1. The van der Waals surface area contributed by atoms with Gasteiger partial charge in [-0.25, -0.2) is 4.68 Å². The molecule has 0 bridgehead atoms. The van der Waals surface area contributed by atoms with Crippen molar-refractivity contribution in [2.45, 2.75) is 31.9 Å². The molecule has 1 atom stereocenters. The lowest BCUT2D eigenvalue weighted by Crippen LogP contribution is -2.37. The lowest BCUT2D eigenvalue weighted by Gasteiger charge is -2.26. The monoisotopic (exact) mass is 282 g/mol. The van der Waals surface area contributed by atoms with Crippen molar-refractivity contribution in [2.75, 3.05) is 20.2 Å². The Labute approximate surface area is 116 Å². The Hall–Kier alpha value is -1.96. The van der Waals surface area contributed by atoms with Crippen molar-refractivity contribution in [1.29, 1.82) is 0 Å². The zero-order chi connectivity index (χ0) is 14.5. The van der Waals surface area contributed by atoms with Crippen LogP contribution in [0.5, 0.6) is 0 Å². The van der Waals surface area contributed by atoms with Crippen LogP contribution in [-0.4, -0.2) is 63.2 Å². The summed E-state index contributed by atoms with van der Waals surface area (Å²) in [5.41, 5.74) is 0.143. The second-order valence-corrected chi connectivity index (χ2v) is 4.87. The van der Waals surface area contributed by atoms with Gasteiger partial charge in [0.05, 0.1) is 12.3 Å². The Morgan fingerprint density at radius 1 is 1.55 bits per heavy atom. The van der Waals surface area contributed by atoms with Crippen LogP contribution in [0.3, 0.4) is 0 Å². The molecule has 0 spiro atoms. The van der Waals surface area contributed by atoms with Crippen molar-refractivity contribution in [2.24, 2.45) is 0 Å². The smallest absolute Gasteiger partial charge is 0.325 e. The third-order valence-corrected chi connectivity index (χ3v) is 3.15. The van der Waals surface area contributed by atoms with Gasteiger partial charge in [-0.2, -0.15) is 0 Å². The van der Waals surface area contributed by atoms with Gasteiger partial charge in [-0.1, -0.05) is 5.21 Å². The molecule has 1 fully saturated rings. The number of carboxylic acids is 1. The van der Waals surface area contributed by atoms with Gasteiger partial charge in [0.15, 0.2) is 5.69 Å². The van der Waals surface area contributed by atoms with E-state index in [2.05, 4.69) is 10.3 Å². The summed E-state index contributed by atoms with van der Waals surface area (Å²) in [6.45, 7) is 0.932. The summed E-state index contributed by atoms with van der Waals surface area (Å²) in [4.78, 5) is 24.2. The standard InChI is InChI=1S/C12H18N4O4/c1-15(6-9-4-2-3-5-20-9)12(19)10-7-16(14-13-10)8-11(17)18/h7,9H,2-6,8H2,1H3,(H,17,18). The van der Waals surface area contributed by atoms with E-state index in [9.17, 15) is 9.59 Å². The van der Waals surface area contributed by atoms with Crippen molar-refractivity contribution in [1.82, 2.24) is 19.9 Å². The van der Waals surface area contributed by atoms with Crippen molar-refractivity contribution in [3.63, 3.8) is 0 Å². The Morgan fingerprint density at radius 3 is 3.00 bits per heavy atom. The third kappa shape index (κ3) is 3.77. The van der Waals surface area contributed by atoms with Gasteiger partial charge < -0.3 is 14.7 Å². The van der Waals surface area contributed by atoms with Crippen LogP contribution in [0.15, 0.2) is 6.20 Å². The molecule has 0 saturated carbocycles. The van der Waals surface area contributed by atoms with E-state index in [1.165, 1.54) is 11.1 Å². The van der Waals surface area contributed by atoms with Gasteiger partial charge in [-0.3, -0.25) is 9.59 Å². The number of carbonyl (C=O) groups excluding carboxylic acids is 1. The highest BCUT2D eigenvalue weighted by atomic mass is 16.5. The van der Waals surface area contributed by atoms with Crippen LogP contribution < -0.4 is 0 Å². The Kier molecular flexibility index (Phi) is 4.67. The summed E-state index contributed by atoms with van der Waals surface area (Å²) in [7, 11) is 1.68. The summed E-state index contributed by atoms with van der Waals surface area (Å²) in [5.74, 6) is -1.31. The predicted molar refractivity (Wildman–Crippen MR) is 68.2 cm³/mol. The molecular formula is C12H18N4O4. The third-order valence-electron chi connectivity index (χ3n) is 3.15. The van der Waals surface area contributed by atoms with Crippen LogP contribution in [0.25, 0.3) is 0 Å². The Balaban J connectivity index is 1.91. The van der Waals surface area contributed by atoms with Gasteiger partial charge >= 0.3 is 5.97 Å². The molecule has 1 saturated heterocycles. The number of likely N-dealkylation sites (N-methyl/N-ethyl adjacent to an activating group) is 1. The fraction of sp³-hybridized carbons (Fsp3) is 0.667. The van der Waals surface area contributed by atoms with E-state index >= 15 is 0 Å². The molecule has 8 nitrogen and oxygen atoms in total. The topological polar surface area (TPSA) is 97.5 Å². The number of hydrogen-bond acceptors (Lipinski definition) is 5. The Bertz CT molecular complexity index is 482. The normalized spacial score (nSPS) is 18.8. The average molecular weight is 282 g/mol. The number of ether oxygens (including phenoxy) is 1. The molecule has 0 aliphatic carbocycles. The molecule has 1 aliphatic rings. The van der Waals surface area contributed by atoms with E-state index in [4.69, 9.17) is 9.84 Å². The van der Waals surface area contributed by atoms with Crippen LogP contribution in [-0.2, 0) is 16.1 Å². The number of rotatable bonds is 5. The maximum Gasteiger partial charge on any atom is 0.325 e. The molecule has 2 heterocycles. The first-order valence-corrected chi connectivity index (χ1v) is 6.55. The van der Waals surface area contributed by atoms with Crippen LogP contribution in [0, 0.1) is 0 Å². The largest absolute Gasteiger partial charge is 0.480 e. The highest BCUT2D eigenvalue weighted by Crippen LogP contribution is 2.14. The van der Waals surface area contributed by atoms with Crippen LogP contribution >= 0.6 is 0 Å². The minimum atomic E-state index is -1.03. The molecule has 1 amide bonds.